The molecule has 12 heteroatoms. The molecule has 0 unspecified atom stereocenters. The van der Waals surface area contributed by atoms with Crippen molar-refractivity contribution in [1.29, 1.82) is 0 Å². The van der Waals surface area contributed by atoms with E-state index in [1.807, 2.05) is 66.7 Å². The summed E-state index contributed by atoms with van der Waals surface area (Å²) in [5.41, 5.74) is 4.06. The van der Waals surface area contributed by atoms with Crippen molar-refractivity contribution in [2.45, 2.75) is 13.2 Å². The Morgan fingerprint density at radius 1 is 0.894 bits per heavy atom. The van der Waals surface area contributed by atoms with Crippen molar-refractivity contribution in [3.05, 3.63) is 119 Å². The molecular weight excluding hydrogens is 640 g/mol. The first kappa shape index (κ1) is 30.2. The molecule has 10 nitrogen and oxygen atoms in total. The molecular formula is C35H27ClN4O6S. The first-order valence-corrected chi connectivity index (χ1v) is 15.7. The Balaban J connectivity index is 1.06. The topological polar surface area (TPSA) is 109 Å². The number of amides is 1. The van der Waals surface area contributed by atoms with Crippen LogP contribution in [0.3, 0.4) is 0 Å². The first-order chi connectivity index (χ1) is 22.9. The van der Waals surface area contributed by atoms with Crippen LogP contribution < -0.4 is 24.3 Å². The minimum absolute atomic E-state index is 0.227. The van der Waals surface area contributed by atoms with Crippen molar-refractivity contribution < 1.29 is 28.2 Å². The largest absolute Gasteiger partial charge is 0.496 e. The molecule has 236 valence electrons. The minimum Gasteiger partial charge on any atom is -0.496 e. The van der Waals surface area contributed by atoms with Gasteiger partial charge in [0.05, 0.1) is 25.8 Å². The summed E-state index contributed by atoms with van der Waals surface area (Å²) in [6.45, 7) is 0.588. The quantitative estimate of drug-likeness (QED) is 0.147. The average molecular weight is 667 g/mol. The Bertz CT molecular complexity index is 2180. The number of rotatable bonds is 11. The number of halogens is 1. The molecule has 0 bridgehead atoms. The van der Waals surface area contributed by atoms with E-state index in [9.17, 15) is 4.79 Å². The third kappa shape index (κ3) is 6.71. The van der Waals surface area contributed by atoms with Gasteiger partial charge in [-0.25, -0.2) is 9.50 Å². The molecule has 7 rings (SSSR count). The number of imidazole rings is 1. The molecule has 0 saturated carbocycles. The maximum atomic E-state index is 13.2. The van der Waals surface area contributed by atoms with E-state index in [2.05, 4.69) is 15.4 Å². The lowest BCUT2D eigenvalue weighted by Crippen LogP contribution is -2.12. The smallest absolute Gasteiger partial charge is 0.294 e. The zero-order valence-electron chi connectivity index (χ0n) is 25.2. The van der Waals surface area contributed by atoms with Crippen LogP contribution in [0.5, 0.6) is 22.4 Å². The second-order valence-electron chi connectivity index (χ2n) is 10.5. The van der Waals surface area contributed by atoms with E-state index >= 15 is 0 Å². The van der Waals surface area contributed by atoms with E-state index < -0.39 is 0 Å². The Labute approximate surface area is 278 Å². The van der Waals surface area contributed by atoms with Crippen LogP contribution in [0.25, 0.3) is 27.4 Å². The minimum atomic E-state index is -0.316. The van der Waals surface area contributed by atoms with E-state index in [4.69, 9.17) is 35.0 Å². The molecule has 0 saturated heterocycles. The Morgan fingerprint density at radius 2 is 1.72 bits per heavy atom. The van der Waals surface area contributed by atoms with Crippen molar-refractivity contribution in [1.82, 2.24) is 14.6 Å². The van der Waals surface area contributed by atoms with Gasteiger partial charge in [0.1, 0.15) is 41.7 Å². The highest BCUT2D eigenvalue weighted by Crippen LogP contribution is 2.38. The molecule has 3 heterocycles. The average Bonchev–Trinajstić information content (AvgIpc) is 3.80. The normalized spacial score (nSPS) is 11.1. The van der Waals surface area contributed by atoms with Gasteiger partial charge in [-0.15, -0.1) is 5.10 Å². The number of furan rings is 1. The summed E-state index contributed by atoms with van der Waals surface area (Å²) in [5, 5.41) is 8.97. The number of aromatic nitrogens is 3. The standard InChI is InChI=1S/C35H27ClN4O6S/c1-42-26-15-30(28-17-32(46-31(28)16-26)29-18-40-34(38-29)47-35(39-40)43-2)45-20-22-9-6-10-25(11-22)37-33(41)23-12-24(36)14-27(13-23)44-19-21-7-4-3-5-8-21/h3-18H,19-20H2,1-2H3,(H,37,41). The van der Waals surface area contributed by atoms with Gasteiger partial charge in [0.25, 0.3) is 11.1 Å². The number of carbonyl (C=O) groups excluding carboxylic acids is 1. The van der Waals surface area contributed by atoms with Gasteiger partial charge in [-0.1, -0.05) is 54.1 Å². The number of benzene rings is 4. The fourth-order valence-electron chi connectivity index (χ4n) is 4.95. The van der Waals surface area contributed by atoms with E-state index in [1.54, 1.807) is 49.2 Å². The molecule has 0 radical (unpaired) electrons. The van der Waals surface area contributed by atoms with Crippen molar-refractivity contribution in [3.8, 4) is 33.9 Å². The fraction of sp³-hybridized carbons (Fsp3) is 0.114. The first-order valence-electron chi connectivity index (χ1n) is 14.5. The zero-order valence-corrected chi connectivity index (χ0v) is 26.8. The molecule has 0 fully saturated rings. The lowest BCUT2D eigenvalue weighted by atomic mass is 10.1. The third-order valence-electron chi connectivity index (χ3n) is 7.22. The van der Waals surface area contributed by atoms with Crippen molar-refractivity contribution in [3.63, 3.8) is 0 Å². The maximum Gasteiger partial charge on any atom is 0.294 e. The Kier molecular flexibility index (Phi) is 8.38. The molecule has 47 heavy (non-hydrogen) atoms. The van der Waals surface area contributed by atoms with Crippen LogP contribution in [-0.4, -0.2) is 34.7 Å². The summed E-state index contributed by atoms with van der Waals surface area (Å²) in [4.78, 5) is 18.5. The molecule has 7 aromatic rings. The van der Waals surface area contributed by atoms with Gasteiger partial charge in [-0.2, -0.15) is 0 Å². The molecule has 0 aliphatic rings. The van der Waals surface area contributed by atoms with E-state index in [-0.39, 0.29) is 12.5 Å². The van der Waals surface area contributed by atoms with Crippen LogP contribution in [0.15, 0.2) is 102 Å². The van der Waals surface area contributed by atoms with Gasteiger partial charge in [-0.3, -0.25) is 4.79 Å². The molecule has 1 amide bonds. The number of nitrogens with zero attached hydrogens (tertiary/aromatic N) is 3. The lowest BCUT2D eigenvalue weighted by molar-refractivity contribution is 0.102. The summed E-state index contributed by atoms with van der Waals surface area (Å²) in [5.74, 6) is 1.91. The number of nitrogens with one attached hydrogen (secondary N) is 1. The summed E-state index contributed by atoms with van der Waals surface area (Å²) >= 11 is 7.66. The second-order valence-corrected chi connectivity index (χ2v) is 11.8. The number of methoxy groups -OCH3 is 2. The van der Waals surface area contributed by atoms with Crippen molar-refractivity contribution in [2.75, 3.05) is 19.5 Å². The predicted octanol–water partition coefficient (Wildman–Crippen LogP) is 8.28. The Hall–Kier alpha value is -5.52. The Morgan fingerprint density at radius 3 is 2.53 bits per heavy atom. The monoisotopic (exact) mass is 666 g/mol. The molecule has 4 aromatic carbocycles. The van der Waals surface area contributed by atoms with Crippen molar-refractivity contribution >= 4 is 50.5 Å². The number of hydrogen-bond acceptors (Lipinski definition) is 9. The molecule has 0 atom stereocenters. The number of carbonyl (C=O) groups is 1. The number of fused-ring (bicyclic) bond motifs is 2. The van der Waals surface area contributed by atoms with Gasteiger partial charge in [-0.05, 0) is 58.9 Å². The highest BCUT2D eigenvalue weighted by atomic mass is 35.5. The zero-order chi connectivity index (χ0) is 32.3. The number of anilines is 1. The van der Waals surface area contributed by atoms with E-state index in [0.717, 1.165) is 16.5 Å². The lowest BCUT2D eigenvalue weighted by Gasteiger charge is -2.12. The van der Waals surface area contributed by atoms with Crippen LogP contribution in [0.4, 0.5) is 5.69 Å². The van der Waals surface area contributed by atoms with Gasteiger partial charge in [0, 0.05) is 28.4 Å². The number of hydrogen-bond donors (Lipinski definition) is 1. The molecule has 1 N–H and O–H groups in total. The van der Waals surface area contributed by atoms with Crippen LogP contribution in [0.2, 0.25) is 5.02 Å². The highest BCUT2D eigenvalue weighted by molar-refractivity contribution is 7.18. The fourth-order valence-corrected chi connectivity index (χ4v) is 5.88. The summed E-state index contributed by atoms with van der Waals surface area (Å²) in [6, 6.07) is 27.7. The number of ether oxygens (including phenoxy) is 4. The van der Waals surface area contributed by atoms with E-state index in [1.165, 1.54) is 11.3 Å². The third-order valence-corrected chi connectivity index (χ3v) is 8.32. The van der Waals surface area contributed by atoms with Crippen LogP contribution in [-0.2, 0) is 13.2 Å². The van der Waals surface area contributed by atoms with Crippen LogP contribution >= 0.6 is 22.9 Å². The van der Waals surface area contributed by atoms with Gasteiger partial charge >= 0.3 is 0 Å². The summed E-state index contributed by atoms with van der Waals surface area (Å²) in [6.07, 6.45) is 1.78. The SMILES string of the molecule is COc1cc(OCc2cccc(NC(=O)c3cc(Cl)cc(OCc4ccccc4)c3)c2)c2cc(-c3cn4nc(OC)sc4n3)oc2c1. The summed E-state index contributed by atoms with van der Waals surface area (Å²) in [7, 11) is 3.15. The summed E-state index contributed by atoms with van der Waals surface area (Å²) < 4.78 is 30.7. The molecule has 3 aromatic heterocycles. The molecule has 0 aliphatic heterocycles. The van der Waals surface area contributed by atoms with Gasteiger partial charge in [0.2, 0.25) is 4.96 Å². The van der Waals surface area contributed by atoms with Crippen LogP contribution in [0.1, 0.15) is 21.5 Å². The highest BCUT2D eigenvalue weighted by Gasteiger charge is 2.18. The second kappa shape index (κ2) is 13.1. The van der Waals surface area contributed by atoms with Gasteiger partial charge < -0.3 is 28.7 Å². The molecule has 0 spiro atoms. The van der Waals surface area contributed by atoms with Gasteiger partial charge in [0.15, 0.2) is 5.76 Å². The van der Waals surface area contributed by atoms with Crippen LogP contribution in [0, 0.1) is 0 Å². The van der Waals surface area contributed by atoms with E-state index in [0.29, 0.717) is 67.3 Å². The molecule has 0 aliphatic carbocycles. The maximum absolute atomic E-state index is 13.2. The predicted molar refractivity (Wildman–Crippen MR) is 180 cm³/mol. The van der Waals surface area contributed by atoms with Crippen molar-refractivity contribution in [2.24, 2.45) is 0 Å².